The minimum Gasteiger partial charge on any atom is -0.450 e. The van der Waals surface area contributed by atoms with Gasteiger partial charge in [0.05, 0.1) is 23.6 Å². The van der Waals surface area contributed by atoms with E-state index in [1.54, 1.807) is 10.8 Å². The van der Waals surface area contributed by atoms with E-state index in [1.807, 2.05) is 0 Å². The fraction of sp³-hybridized carbons (Fsp3) is 0.462. The summed E-state index contributed by atoms with van der Waals surface area (Å²) in [5.41, 5.74) is 0.761. The summed E-state index contributed by atoms with van der Waals surface area (Å²) < 4.78 is 48.0. The molecule has 0 aliphatic carbocycles. The summed E-state index contributed by atoms with van der Waals surface area (Å²) in [5.74, 6) is -1.82. The molecule has 4 rings (SSSR count). The van der Waals surface area contributed by atoms with Gasteiger partial charge in [-0.15, -0.1) is 0 Å². The van der Waals surface area contributed by atoms with Gasteiger partial charge < -0.3 is 18.8 Å². The Labute approximate surface area is 215 Å². The van der Waals surface area contributed by atoms with Crippen LogP contribution in [0.1, 0.15) is 18.4 Å². The van der Waals surface area contributed by atoms with Crippen LogP contribution in [-0.4, -0.2) is 43.2 Å². The molecule has 0 bridgehead atoms. The van der Waals surface area contributed by atoms with Gasteiger partial charge in [-0.1, -0.05) is 31.2 Å². The normalized spacial score (nSPS) is 14.3. The van der Waals surface area contributed by atoms with Gasteiger partial charge in [0.25, 0.3) is 0 Å². The second kappa shape index (κ2) is 11.4. The highest BCUT2D eigenvalue weighted by atomic mass is 35.5. The molecule has 194 valence electrons. The van der Waals surface area contributed by atoms with Crippen molar-refractivity contribution in [2.45, 2.75) is 51.7 Å². The summed E-state index contributed by atoms with van der Waals surface area (Å²) >= 11 is 6.44. The van der Waals surface area contributed by atoms with Crippen LogP contribution in [0, 0.1) is 17.6 Å². The molecule has 1 saturated heterocycles. The number of hydrogen-bond acceptors (Lipinski definition) is 5. The predicted octanol–water partition coefficient (Wildman–Crippen LogP) is 6.61. The number of aromatic nitrogens is 2. The minimum absolute atomic E-state index is 0.0341. The van der Waals surface area contributed by atoms with E-state index >= 15 is 0 Å². The summed E-state index contributed by atoms with van der Waals surface area (Å²) in [6.45, 7) is 9.05. The average molecular weight is 537 g/mol. The van der Waals surface area contributed by atoms with Crippen LogP contribution in [0.25, 0.3) is 11.0 Å². The molecule has 1 fully saturated rings. The average Bonchev–Trinajstić information content (AvgIpc) is 3.08. The largest absolute Gasteiger partial charge is 0.450 e. The summed E-state index contributed by atoms with van der Waals surface area (Å²) in [5, 5.41) is 0.771. The van der Waals surface area contributed by atoms with Crippen LogP contribution in [0.4, 0.5) is 8.78 Å². The number of rotatable bonds is 12. The fourth-order valence-corrected chi connectivity index (χ4v) is 4.97. The molecule has 0 atom stereocenters. The monoisotopic (exact) mass is 536 g/mol. The van der Waals surface area contributed by atoms with Gasteiger partial charge in [-0.3, -0.25) is 4.79 Å². The molecule has 0 saturated carbocycles. The molecule has 3 heterocycles. The van der Waals surface area contributed by atoms with Crippen molar-refractivity contribution in [3.05, 3.63) is 52.8 Å². The summed E-state index contributed by atoms with van der Waals surface area (Å²) in [6.07, 6.45) is 4.21. The first kappa shape index (κ1) is 26.7. The molecule has 1 aliphatic rings. The van der Waals surface area contributed by atoms with Crippen molar-refractivity contribution in [1.29, 1.82) is 0 Å². The molecule has 1 aliphatic heterocycles. The first-order chi connectivity index (χ1) is 17.1. The molecule has 36 heavy (non-hydrogen) atoms. The lowest BCUT2D eigenvalue weighted by molar-refractivity contribution is -0.119. The van der Waals surface area contributed by atoms with Crippen LogP contribution in [0.2, 0.25) is 30.7 Å². The molecular formula is C26H31ClF2N2O4Si. The lowest BCUT2D eigenvalue weighted by Crippen LogP contribution is -2.28. The Balaban J connectivity index is 1.46. The number of carbonyl (C=O) groups excluding carboxylic acids is 1. The molecule has 2 aromatic heterocycles. The zero-order chi connectivity index (χ0) is 25.9. The van der Waals surface area contributed by atoms with Gasteiger partial charge in [0.1, 0.15) is 23.9 Å². The molecule has 10 heteroatoms. The van der Waals surface area contributed by atoms with Crippen LogP contribution in [0.3, 0.4) is 0 Å². The Bertz CT molecular complexity index is 1220. The van der Waals surface area contributed by atoms with Crippen molar-refractivity contribution in [2.75, 3.05) is 19.8 Å². The third-order valence-electron chi connectivity index (χ3n) is 6.11. The highest BCUT2D eigenvalue weighted by Gasteiger charge is 2.22. The van der Waals surface area contributed by atoms with E-state index in [2.05, 4.69) is 24.6 Å². The van der Waals surface area contributed by atoms with E-state index in [0.717, 1.165) is 24.6 Å². The first-order valence-corrected chi connectivity index (χ1v) is 16.2. The highest BCUT2D eigenvalue weighted by Crippen LogP contribution is 2.37. The maximum absolute atomic E-state index is 14.9. The number of nitrogens with zero attached hydrogens (tertiary/aromatic N) is 2. The fourth-order valence-electron chi connectivity index (χ4n) is 3.92. The number of Topliss-reactive ketones (excluding diaryl/α,β-unsaturated/α-hetero) is 1. The Morgan fingerprint density at radius 2 is 1.97 bits per heavy atom. The Hall–Kier alpha value is -2.33. The number of ketones is 1. The summed E-state index contributed by atoms with van der Waals surface area (Å²) in [4.78, 5) is 16.6. The van der Waals surface area contributed by atoms with E-state index in [-0.39, 0.29) is 30.2 Å². The minimum atomic E-state index is -1.22. The quantitative estimate of drug-likeness (QED) is 0.192. The topological polar surface area (TPSA) is 62.6 Å². The smallest absolute Gasteiger partial charge is 0.198 e. The molecule has 1 aromatic carbocycles. The van der Waals surface area contributed by atoms with Crippen LogP contribution < -0.4 is 4.74 Å². The molecule has 6 nitrogen and oxygen atoms in total. The van der Waals surface area contributed by atoms with Gasteiger partial charge in [0, 0.05) is 45.8 Å². The molecule has 0 amide bonds. The van der Waals surface area contributed by atoms with E-state index in [0.29, 0.717) is 48.2 Å². The lowest BCUT2D eigenvalue weighted by atomic mass is 9.97. The van der Waals surface area contributed by atoms with Crippen molar-refractivity contribution < 1.29 is 27.8 Å². The number of hydrogen-bond donors (Lipinski definition) is 0. The predicted molar refractivity (Wildman–Crippen MR) is 138 cm³/mol. The summed E-state index contributed by atoms with van der Waals surface area (Å²) in [6, 6.07) is 4.81. The number of halogens is 3. The maximum Gasteiger partial charge on any atom is 0.198 e. The van der Waals surface area contributed by atoms with E-state index < -0.39 is 25.5 Å². The molecule has 0 unspecified atom stereocenters. The van der Waals surface area contributed by atoms with Crippen molar-refractivity contribution in [2.24, 2.45) is 5.92 Å². The highest BCUT2D eigenvalue weighted by molar-refractivity contribution is 6.76. The molecular weight excluding hydrogens is 506 g/mol. The van der Waals surface area contributed by atoms with E-state index in [4.69, 9.17) is 25.8 Å². The van der Waals surface area contributed by atoms with Crippen LogP contribution in [0.5, 0.6) is 11.5 Å². The molecule has 3 aromatic rings. The molecule has 0 spiro atoms. The third-order valence-corrected chi connectivity index (χ3v) is 8.10. The van der Waals surface area contributed by atoms with Crippen molar-refractivity contribution in [3.8, 4) is 11.5 Å². The molecule has 0 radical (unpaired) electrons. The third kappa shape index (κ3) is 6.70. The van der Waals surface area contributed by atoms with E-state index in [1.165, 1.54) is 12.3 Å². The Kier molecular flexibility index (Phi) is 8.44. The van der Waals surface area contributed by atoms with Crippen molar-refractivity contribution in [1.82, 2.24) is 9.55 Å². The van der Waals surface area contributed by atoms with Gasteiger partial charge in [0.15, 0.2) is 17.4 Å². The number of ether oxygens (including phenoxy) is 3. The number of fused-ring (bicyclic) bond motifs is 1. The van der Waals surface area contributed by atoms with E-state index in [9.17, 15) is 13.6 Å². The van der Waals surface area contributed by atoms with Gasteiger partial charge in [-0.05, 0) is 36.2 Å². The standard InChI is InChI=1S/C26H31ClF2N2O4Si/c1-36(2,3)9-8-33-16-31-13-20(27)24-23(6-7-30-26(24)31)35-25-21(28)11-18(12-22(25)29)10-19(32)5-4-17-14-34-15-17/h6-7,11-13,17H,4-5,8-10,14-16H2,1-3H3. The number of benzene rings is 1. The van der Waals surface area contributed by atoms with Crippen LogP contribution >= 0.6 is 11.6 Å². The van der Waals surface area contributed by atoms with Crippen LogP contribution in [-0.2, 0) is 27.4 Å². The lowest BCUT2D eigenvalue weighted by Gasteiger charge is -2.25. The molecule has 0 N–H and O–H groups in total. The SMILES string of the molecule is C[Si](C)(C)CCOCn1cc(Cl)c2c(Oc3c(F)cc(CC(=O)CCC4COC4)cc3F)ccnc21. The first-order valence-electron chi connectivity index (χ1n) is 12.1. The number of carbonyl (C=O) groups is 1. The second-order valence-electron chi connectivity index (χ2n) is 10.5. The zero-order valence-electron chi connectivity index (χ0n) is 20.8. The van der Waals surface area contributed by atoms with Gasteiger partial charge in [-0.25, -0.2) is 13.8 Å². The van der Waals surface area contributed by atoms with Crippen molar-refractivity contribution >= 4 is 36.5 Å². The summed E-state index contributed by atoms with van der Waals surface area (Å²) in [7, 11) is -1.22. The van der Waals surface area contributed by atoms with Gasteiger partial charge >= 0.3 is 0 Å². The number of pyridine rings is 1. The van der Waals surface area contributed by atoms with Crippen LogP contribution in [0.15, 0.2) is 30.6 Å². The Morgan fingerprint density at radius 3 is 2.61 bits per heavy atom. The second-order valence-corrected chi connectivity index (χ2v) is 16.5. The zero-order valence-corrected chi connectivity index (χ0v) is 22.5. The maximum atomic E-state index is 14.9. The van der Waals surface area contributed by atoms with Crippen molar-refractivity contribution in [3.63, 3.8) is 0 Å². The Morgan fingerprint density at radius 1 is 1.25 bits per heavy atom. The van der Waals surface area contributed by atoms with Gasteiger partial charge in [-0.2, -0.15) is 0 Å². The van der Waals surface area contributed by atoms with Gasteiger partial charge in [0.2, 0.25) is 0 Å².